The fourth-order valence-electron chi connectivity index (χ4n) is 8.67. The second-order valence-electron chi connectivity index (χ2n) is 18.2. The third-order valence-corrected chi connectivity index (χ3v) is 12.5. The Morgan fingerprint density at radius 3 is 0.625 bits per heavy atom. The summed E-state index contributed by atoms with van der Waals surface area (Å²) in [6, 6.07) is 0. The van der Waals surface area contributed by atoms with Crippen molar-refractivity contribution in [2.24, 2.45) is 0 Å². The van der Waals surface area contributed by atoms with Gasteiger partial charge in [-0.2, -0.15) is 0 Å². The summed E-state index contributed by atoms with van der Waals surface area (Å²) in [7, 11) is 0. The maximum atomic E-state index is 11.0. The average Bonchev–Trinajstić information content (AvgIpc) is 3.18. The van der Waals surface area contributed by atoms with Crippen molar-refractivity contribution in [1.82, 2.24) is 4.90 Å². The van der Waals surface area contributed by atoms with E-state index in [-0.39, 0.29) is 25.3 Å². The molecular weight excluding hydrogens is 678 g/mol. The normalized spacial score (nSPS) is 11.5. The molecule has 0 aromatic heterocycles. The number of carboxylic acids is 1. The molecular formula is C52H104LiNO2. The van der Waals surface area contributed by atoms with Gasteiger partial charge in [-0.25, -0.2) is 0 Å². The molecule has 0 aliphatic rings. The first-order chi connectivity index (χ1) is 27.2. The Labute approximate surface area is 366 Å². The van der Waals surface area contributed by atoms with Crippen LogP contribution >= 0.6 is 0 Å². The molecule has 0 aliphatic heterocycles. The smallest absolute Gasteiger partial charge is 0.550 e. The van der Waals surface area contributed by atoms with Crippen LogP contribution in [0.5, 0.6) is 0 Å². The van der Waals surface area contributed by atoms with Gasteiger partial charge in [0.15, 0.2) is 0 Å². The Morgan fingerprint density at radius 1 is 0.286 bits per heavy atom. The molecule has 0 amide bonds. The van der Waals surface area contributed by atoms with Crippen molar-refractivity contribution in [2.45, 2.75) is 309 Å². The number of carbonyl (C=O) groups excluding carboxylic acids is 1. The Balaban J connectivity index is 0. The summed E-state index contributed by atoms with van der Waals surface area (Å²) in [5.41, 5.74) is 0. The summed E-state index contributed by atoms with van der Waals surface area (Å²) in [5, 5.41) is 11.0. The zero-order chi connectivity index (χ0) is 39.8. The van der Waals surface area contributed by atoms with Crippen molar-refractivity contribution < 1.29 is 28.8 Å². The van der Waals surface area contributed by atoms with Gasteiger partial charge in [0.2, 0.25) is 0 Å². The first kappa shape index (κ1) is 58.1. The van der Waals surface area contributed by atoms with Crippen molar-refractivity contribution in [3.8, 4) is 0 Å². The maximum absolute atomic E-state index is 11.0. The number of nitrogens with zero attached hydrogens (tertiary/aromatic N) is 1. The van der Waals surface area contributed by atoms with E-state index in [4.69, 9.17) is 0 Å². The number of carbonyl (C=O) groups is 1. The molecule has 0 radical (unpaired) electrons. The quantitative estimate of drug-likeness (QED) is 0.0456. The molecule has 0 aromatic rings. The molecule has 0 bridgehead atoms. The van der Waals surface area contributed by atoms with Crippen molar-refractivity contribution in [3.05, 3.63) is 0 Å². The number of carboxylic acid groups (broad SMARTS) is 1. The first-order valence-electron chi connectivity index (χ1n) is 26.1. The molecule has 0 aliphatic carbocycles. The van der Waals surface area contributed by atoms with Crippen LogP contribution in [-0.4, -0.2) is 30.5 Å². The third kappa shape index (κ3) is 52.0. The number of hydrogen-bond donors (Lipinski definition) is 0. The molecule has 0 saturated heterocycles. The largest absolute Gasteiger partial charge is 1.00 e. The van der Waals surface area contributed by atoms with Crippen molar-refractivity contribution >= 4 is 5.97 Å². The van der Waals surface area contributed by atoms with Crippen molar-refractivity contribution in [2.75, 3.05) is 19.6 Å². The van der Waals surface area contributed by atoms with Crippen LogP contribution in [0.15, 0.2) is 0 Å². The van der Waals surface area contributed by atoms with Crippen LogP contribution in [0.3, 0.4) is 0 Å². The SMILES string of the molecule is CCCCCCCCCCCCCCCCCCCCCCCCN(CCCCCCCCCCCCCCCCCCCCCCCC)CCCC(=O)[O-].[Li+]. The van der Waals surface area contributed by atoms with E-state index in [9.17, 15) is 9.90 Å². The van der Waals surface area contributed by atoms with E-state index in [0.29, 0.717) is 0 Å². The monoisotopic (exact) mass is 782 g/mol. The van der Waals surface area contributed by atoms with E-state index in [1.807, 2.05) is 0 Å². The van der Waals surface area contributed by atoms with E-state index in [1.54, 1.807) is 0 Å². The average molecular weight is 782 g/mol. The second-order valence-corrected chi connectivity index (χ2v) is 18.2. The fourth-order valence-corrected chi connectivity index (χ4v) is 8.67. The first-order valence-corrected chi connectivity index (χ1v) is 26.1. The Morgan fingerprint density at radius 2 is 0.446 bits per heavy atom. The predicted molar refractivity (Wildman–Crippen MR) is 245 cm³/mol. The molecule has 0 aromatic carbocycles. The van der Waals surface area contributed by atoms with Crippen LogP contribution in [0.25, 0.3) is 0 Å². The van der Waals surface area contributed by atoms with E-state index in [1.165, 1.54) is 283 Å². The van der Waals surface area contributed by atoms with Gasteiger partial charge in [-0.3, -0.25) is 0 Å². The Kier molecular flexibility index (Phi) is 55.1. The van der Waals surface area contributed by atoms with Crippen LogP contribution < -0.4 is 24.0 Å². The summed E-state index contributed by atoms with van der Waals surface area (Å²) in [4.78, 5) is 13.5. The molecule has 0 rings (SSSR count). The molecule has 4 heteroatoms. The van der Waals surface area contributed by atoms with E-state index in [2.05, 4.69) is 18.7 Å². The standard InChI is InChI=1S/C52H105NO2.Li/c1-3-5-7-9-11-13-15-17-19-21-23-25-27-29-31-33-35-37-39-41-43-45-49-53(51-47-48-52(54)55)50-46-44-42-40-38-36-34-32-30-28-26-24-22-20-18-16-14-12-10-8-6-4-2;/h3-51H2,1-2H3,(H,54,55);/q;+1/p-1. The molecule has 0 spiro atoms. The van der Waals surface area contributed by atoms with E-state index >= 15 is 0 Å². The molecule has 0 heterocycles. The van der Waals surface area contributed by atoms with Gasteiger partial charge in [-0.1, -0.05) is 284 Å². The zero-order valence-corrected chi connectivity index (χ0v) is 39.4. The van der Waals surface area contributed by atoms with Crippen LogP contribution in [-0.2, 0) is 4.79 Å². The second kappa shape index (κ2) is 53.0. The van der Waals surface area contributed by atoms with Gasteiger partial charge < -0.3 is 14.8 Å². The minimum atomic E-state index is -0.895. The minimum absolute atomic E-state index is 0. The van der Waals surface area contributed by atoms with Crippen LogP contribution in [0, 0.1) is 0 Å². The molecule has 0 N–H and O–H groups in total. The van der Waals surface area contributed by atoms with E-state index in [0.717, 1.165) is 26.1 Å². The summed E-state index contributed by atoms with van der Waals surface area (Å²) < 4.78 is 0. The van der Waals surface area contributed by atoms with Crippen molar-refractivity contribution in [1.29, 1.82) is 0 Å². The maximum Gasteiger partial charge on any atom is 1.00 e. The molecule has 0 atom stereocenters. The number of hydrogen-bond acceptors (Lipinski definition) is 3. The summed E-state index contributed by atoms with van der Waals surface area (Å²) >= 11 is 0. The summed E-state index contributed by atoms with van der Waals surface area (Å²) in [5.74, 6) is -0.895. The number of rotatable bonds is 50. The van der Waals surface area contributed by atoms with Crippen LogP contribution in [0.4, 0.5) is 0 Å². The zero-order valence-electron chi connectivity index (χ0n) is 39.4. The molecule has 330 valence electrons. The minimum Gasteiger partial charge on any atom is -0.550 e. The molecule has 3 nitrogen and oxygen atoms in total. The van der Waals surface area contributed by atoms with Crippen LogP contribution in [0.2, 0.25) is 0 Å². The van der Waals surface area contributed by atoms with Gasteiger partial charge in [0.1, 0.15) is 0 Å². The topological polar surface area (TPSA) is 43.4 Å². The summed E-state index contributed by atoms with van der Waals surface area (Å²) in [6.07, 6.45) is 63.7. The van der Waals surface area contributed by atoms with Gasteiger partial charge in [-0.05, 0) is 45.3 Å². The fraction of sp³-hybridized carbons (Fsp3) is 0.981. The molecule has 56 heavy (non-hydrogen) atoms. The van der Waals surface area contributed by atoms with Gasteiger partial charge in [0.05, 0.1) is 0 Å². The Bertz CT molecular complexity index is 654. The van der Waals surface area contributed by atoms with Gasteiger partial charge >= 0.3 is 18.9 Å². The number of aliphatic carboxylic acids is 1. The molecule has 0 fully saturated rings. The van der Waals surface area contributed by atoms with Gasteiger partial charge in [-0.15, -0.1) is 0 Å². The van der Waals surface area contributed by atoms with Gasteiger partial charge in [0.25, 0.3) is 0 Å². The Hall–Kier alpha value is 0.0274. The molecule has 0 saturated carbocycles. The predicted octanol–water partition coefficient (Wildman–Crippen LogP) is 14.0. The molecule has 0 unspecified atom stereocenters. The van der Waals surface area contributed by atoms with E-state index < -0.39 is 5.97 Å². The third-order valence-electron chi connectivity index (χ3n) is 12.5. The van der Waals surface area contributed by atoms with Crippen LogP contribution in [0.1, 0.15) is 309 Å². The van der Waals surface area contributed by atoms with Gasteiger partial charge in [0, 0.05) is 5.97 Å². The summed E-state index contributed by atoms with van der Waals surface area (Å²) in [6.45, 7) is 7.82. The van der Waals surface area contributed by atoms with Crippen molar-refractivity contribution in [3.63, 3.8) is 0 Å². The number of unbranched alkanes of at least 4 members (excludes halogenated alkanes) is 42.